The van der Waals surface area contributed by atoms with E-state index < -0.39 is 11.4 Å². The number of Topliss-reactive ketones (excluding diaryl/α,β-unsaturated/α-hetero) is 1. The summed E-state index contributed by atoms with van der Waals surface area (Å²) in [6, 6.07) is 15.7. The number of aromatic hydroxyl groups is 1. The van der Waals surface area contributed by atoms with Crippen LogP contribution in [0.3, 0.4) is 0 Å². The maximum Gasteiger partial charge on any atom is 0.344 e. The van der Waals surface area contributed by atoms with Crippen LogP contribution in [0.5, 0.6) is 11.5 Å². The molecule has 38 heavy (non-hydrogen) atoms. The molecular formula is C30H27Cl2NO5. The summed E-state index contributed by atoms with van der Waals surface area (Å²) in [6.45, 7) is 5.11. The lowest BCUT2D eigenvalue weighted by Crippen LogP contribution is -2.25. The number of ketones is 1. The zero-order chi connectivity index (χ0) is 26.8. The lowest BCUT2D eigenvalue weighted by molar-refractivity contribution is 0.101. The van der Waals surface area contributed by atoms with E-state index in [1.807, 2.05) is 24.3 Å². The van der Waals surface area contributed by atoms with E-state index in [4.69, 9.17) is 32.4 Å². The largest absolute Gasteiger partial charge is 0.507 e. The van der Waals surface area contributed by atoms with Crippen molar-refractivity contribution in [2.45, 2.75) is 26.2 Å². The maximum absolute atomic E-state index is 13.4. The molecule has 0 atom stereocenters. The zero-order valence-electron chi connectivity index (χ0n) is 20.9. The molecule has 3 aromatic carbocycles. The topological polar surface area (TPSA) is 80.0 Å². The number of nitrogens with zero attached hydrogens (tertiary/aromatic N) is 1. The summed E-state index contributed by atoms with van der Waals surface area (Å²) in [6.07, 6.45) is 2.85. The lowest BCUT2D eigenvalue weighted by atomic mass is 9.92. The van der Waals surface area contributed by atoms with Crippen molar-refractivity contribution < 1.29 is 19.1 Å². The van der Waals surface area contributed by atoms with Gasteiger partial charge in [0, 0.05) is 22.5 Å². The monoisotopic (exact) mass is 551 g/mol. The number of fused-ring (bicyclic) bond motifs is 1. The van der Waals surface area contributed by atoms with Crippen LogP contribution in [0.1, 0.15) is 41.3 Å². The first-order valence-corrected chi connectivity index (χ1v) is 13.3. The zero-order valence-corrected chi connectivity index (χ0v) is 22.4. The Kier molecular flexibility index (Phi) is 7.75. The number of ether oxygens (including phenoxy) is 1. The van der Waals surface area contributed by atoms with Crippen molar-refractivity contribution in [2.75, 3.05) is 26.2 Å². The van der Waals surface area contributed by atoms with Crippen molar-refractivity contribution in [3.05, 3.63) is 91.8 Å². The first-order chi connectivity index (χ1) is 18.3. The van der Waals surface area contributed by atoms with Gasteiger partial charge >= 0.3 is 5.63 Å². The van der Waals surface area contributed by atoms with Gasteiger partial charge in [-0.15, -0.1) is 0 Å². The van der Waals surface area contributed by atoms with Gasteiger partial charge in [0.25, 0.3) is 0 Å². The smallest absolute Gasteiger partial charge is 0.344 e. The number of hydrogen-bond acceptors (Lipinski definition) is 6. The second-order valence-corrected chi connectivity index (χ2v) is 10.3. The molecule has 0 aliphatic carbocycles. The highest BCUT2D eigenvalue weighted by Gasteiger charge is 2.23. The molecule has 2 heterocycles. The predicted molar refractivity (Wildman–Crippen MR) is 150 cm³/mol. The van der Waals surface area contributed by atoms with Gasteiger partial charge in [-0.1, -0.05) is 41.4 Å². The van der Waals surface area contributed by atoms with Crippen LogP contribution in [-0.4, -0.2) is 42.0 Å². The number of benzene rings is 3. The summed E-state index contributed by atoms with van der Waals surface area (Å²) in [5, 5.41) is 11.6. The van der Waals surface area contributed by atoms with Crippen molar-refractivity contribution in [1.29, 1.82) is 0 Å². The molecule has 1 aliphatic rings. The summed E-state index contributed by atoms with van der Waals surface area (Å²) in [4.78, 5) is 28.1. The summed E-state index contributed by atoms with van der Waals surface area (Å²) >= 11 is 12.6. The highest BCUT2D eigenvalue weighted by molar-refractivity contribution is 6.36. The van der Waals surface area contributed by atoms with Gasteiger partial charge in [0.2, 0.25) is 0 Å². The number of carbonyl (C=O) groups is 1. The predicted octanol–water partition coefficient (Wildman–Crippen LogP) is 6.74. The minimum atomic E-state index is -0.660. The average Bonchev–Trinajstić information content (AvgIpc) is 3.39. The minimum absolute atomic E-state index is 0.0312. The third-order valence-corrected chi connectivity index (χ3v) is 7.44. The van der Waals surface area contributed by atoms with E-state index in [1.54, 1.807) is 24.3 Å². The van der Waals surface area contributed by atoms with Crippen molar-refractivity contribution >= 4 is 40.0 Å². The van der Waals surface area contributed by atoms with E-state index in [9.17, 15) is 14.7 Å². The fourth-order valence-corrected chi connectivity index (χ4v) is 5.52. The number of carbonyl (C=O) groups excluding carboxylic acids is 1. The molecule has 5 rings (SSSR count). The van der Waals surface area contributed by atoms with Crippen molar-refractivity contribution in [2.24, 2.45) is 0 Å². The van der Waals surface area contributed by atoms with Crippen LogP contribution in [0.25, 0.3) is 22.1 Å². The molecule has 1 aliphatic heterocycles. The van der Waals surface area contributed by atoms with Gasteiger partial charge in [-0.05, 0) is 86.8 Å². The van der Waals surface area contributed by atoms with Gasteiger partial charge < -0.3 is 14.3 Å². The summed E-state index contributed by atoms with van der Waals surface area (Å²) in [7, 11) is 0. The summed E-state index contributed by atoms with van der Waals surface area (Å²) < 4.78 is 11.6. The Bertz CT molecular complexity index is 1560. The number of rotatable bonds is 8. The van der Waals surface area contributed by atoms with Crippen LogP contribution in [0.15, 0.2) is 63.8 Å². The average molecular weight is 552 g/mol. The molecule has 1 N–H and O–H groups in total. The summed E-state index contributed by atoms with van der Waals surface area (Å²) in [5.41, 5.74) is 1.67. The van der Waals surface area contributed by atoms with Crippen LogP contribution in [0, 0.1) is 0 Å². The first-order valence-electron chi connectivity index (χ1n) is 12.5. The second kappa shape index (κ2) is 11.2. The Balaban J connectivity index is 1.54. The first kappa shape index (κ1) is 26.3. The Labute approximate surface area is 230 Å². The highest BCUT2D eigenvalue weighted by Crippen LogP contribution is 2.37. The molecule has 6 nitrogen and oxygen atoms in total. The number of phenols is 1. The Morgan fingerprint density at radius 1 is 1.05 bits per heavy atom. The number of likely N-dealkylation sites (tertiary alicyclic amines) is 1. The Morgan fingerprint density at radius 3 is 2.47 bits per heavy atom. The minimum Gasteiger partial charge on any atom is -0.507 e. The van der Waals surface area contributed by atoms with Crippen LogP contribution in [0.4, 0.5) is 0 Å². The Morgan fingerprint density at radius 2 is 1.79 bits per heavy atom. The van der Waals surface area contributed by atoms with Gasteiger partial charge in [-0.3, -0.25) is 9.69 Å². The SMILES string of the molecule is CC(=O)c1c(O)ccc2c(Cc3ccc(OCCN4CCCC4)cc3)c(-c3ccc(Cl)cc3Cl)c(=O)oc12. The molecule has 196 valence electrons. The second-order valence-electron chi connectivity index (χ2n) is 9.48. The van der Waals surface area contributed by atoms with Gasteiger partial charge in [0.15, 0.2) is 11.4 Å². The van der Waals surface area contributed by atoms with Gasteiger partial charge in [-0.25, -0.2) is 4.79 Å². The summed E-state index contributed by atoms with van der Waals surface area (Å²) in [5.74, 6) is 0.122. The van der Waals surface area contributed by atoms with E-state index in [1.165, 1.54) is 25.8 Å². The number of phenolic OH excluding ortho intramolecular Hbond substituents is 1. The molecule has 4 aromatic rings. The highest BCUT2D eigenvalue weighted by atomic mass is 35.5. The molecule has 1 fully saturated rings. The van der Waals surface area contributed by atoms with Gasteiger partial charge in [0.05, 0.1) is 10.6 Å². The molecule has 0 saturated carbocycles. The standard InChI is InChI=1S/C30H27Cl2NO5/c1-18(34)27-26(35)11-10-22-24(28(30(36)38-29(22)27)23-9-6-20(31)17-25(23)32)16-19-4-7-21(8-5-19)37-15-14-33-12-2-3-13-33/h4-11,17,35H,2-3,12-16H2,1H3. The van der Waals surface area contributed by atoms with Crippen LogP contribution in [0.2, 0.25) is 10.0 Å². The van der Waals surface area contributed by atoms with E-state index in [-0.39, 0.29) is 22.5 Å². The van der Waals surface area contributed by atoms with Crippen molar-refractivity contribution in [3.8, 4) is 22.6 Å². The molecule has 1 saturated heterocycles. The lowest BCUT2D eigenvalue weighted by Gasteiger charge is -2.16. The molecule has 1 aromatic heterocycles. The van der Waals surface area contributed by atoms with Gasteiger partial charge in [-0.2, -0.15) is 0 Å². The van der Waals surface area contributed by atoms with E-state index in [2.05, 4.69) is 4.90 Å². The molecular weight excluding hydrogens is 525 g/mol. The third kappa shape index (κ3) is 5.44. The van der Waals surface area contributed by atoms with E-state index >= 15 is 0 Å². The van der Waals surface area contributed by atoms with Crippen molar-refractivity contribution in [3.63, 3.8) is 0 Å². The molecule has 8 heteroatoms. The van der Waals surface area contributed by atoms with Crippen LogP contribution < -0.4 is 10.4 Å². The number of halogens is 2. The molecule has 0 unspecified atom stereocenters. The molecule has 0 amide bonds. The van der Waals surface area contributed by atoms with Crippen LogP contribution in [-0.2, 0) is 6.42 Å². The molecule has 0 bridgehead atoms. The fraction of sp³-hybridized carbons (Fsp3) is 0.267. The van der Waals surface area contributed by atoms with E-state index in [0.717, 1.165) is 30.9 Å². The van der Waals surface area contributed by atoms with Gasteiger partial charge in [0.1, 0.15) is 23.7 Å². The molecule has 0 spiro atoms. The van der Waals surface area contributed by atoms with Crippen molar-refractivity contribution in [1.82, 2.24) is 4.90 Å². The Hall–Kier alpha value is -3.32. The normalized spacial score (nSPS) is 13.8. The fourth-order valence-electron chi connectivity index (χ4n) is 5.01. The number of hydrogen-bond donors (Lipinski definition) is 1. The quantitative estimate of drug-likeness (QED) is 0.193. The van der Waals surface area contributed by atoms with E-state index in [0.29, 0.717) is 39.6 Å². The third-order valence-electron chi connectivity index (χ3n) is 6.89. The molecule has 0 radical (unpaired) electrons. The maximum atomic E-state index is 13.4. The van der Waals surface area contributed by atoms with Crippen LogP contribution >= 0.6 is 23.2 Å².